The average Bonchev–Trinajstić information content (AvgIpc) is 2.86. The van der Waals surface area contributed by atoms with E-state index < -0.39 is 66.9 Å². The lowest BCUT2D eigenvalue weighted by molar-refractivity contribution is -0.447. The number of alkyl halides is 16. The molecule has 0 unspecified atom stereocenters. The number of esters is 1. The smallest absolute Gasteiger partial charge is 0.385 e. The van der Waals surface area contributed by atoms with Crippen LogP contribution in [0.25, 0.3) is 0 Å². The first-order chi connectivity index (χ1) is 18.3. The highest BCUT2D eigenvalue weighted by Crippen LogP contribution is 2.62. The molecule has 0 radical (unpaired) electrons. The van der Waals surface area contributed by atoms with Crippen molar-refractivity contribution in [1.82, 2.24) is 0 Å². The topological polar surface area (TPSA) is 26.3 Å². The Bertz CT molecular complexity index is 851. The van der Waals surface area contributed by atoms with Crippen molar-refractivity contribution in [3.8, 4) is 0 Å². The largest absolute Gasteiger partial charge is 0.459 e. The highest BCUT2D eigenvalue weighted by atomic mass is 19.4. The molecular weight excluding hydrogens is 612 g/mol. The number of carbonyl (C=O) groups excluding carboxylic acids is 1. The summed E-state index contributed by atoms with van der Waals surface area (Å²) in [5.41, 5.74) is 0. The van der Waals surface area contributed by atoms with Crippen LogP contribution in [0.1, 0.15) is 71.1 Å². The molecule has 1 saturated carbocycles. The highest BCUT2D eigenvalue weighted by Gasteiger charge is 2.93. The van der Waals surface area contributed by atoms with Crippen molar-refractivity contribution >= 4 is 5.97 Å². The molecule has 0 saturated heterocycles. The fraction of sp³-hybridized carbons (Fsp3) is 0.957. The van der Waals surface area contributed by atoms with E-state index in [9.17, 15) is 75.0 Å². The summed E-state index contributed by atoms with van der Waals surface area (Å²) < 4.78 is 217. The molecule has 0 aromatic heterocycles. The lowest BCUT2D eigenvalue weighted by Crippen LogP contribution is -2.74. The molecule has 41 heavy (non-hydrogen) atoms. The van der Waals surface area contributed by atoms with Crippen LogP contribution >= 0.6 is 0 Å². The van der Waals surface area contributed by atoms with Gasteiger partial charge in [-0.2, -0.15) is 61.5 Å². The maximum absolute atomic E-state index is 13.9. The fourth-order valence-electron chi connectivity index (χ4n) is 4.32. The van der Waals surface area contributed by atoms with Gasteiger partial charge in [0.25, 0.3) is 0 Å². The van der Waals surface area contributed by atoms with E-state index in [4.69, 9.17) is 0 Å². The van der Waals surface area contributed by atoms with Crippen molar-refractivity contribution < 1.29 is 79.8 Å². The van der Waals surface area contributed by atoms with Crippen LogP contribution in [0.2, 0.25) is 0 Å². The maximum Gasteiger partial charge on any atom is 0.385 e. The van der Waals surface area contributed by atoms with E-state index in [0.29, 0.717) is 18.8 Å². The third kappa shape index (κ3) is 7.12. The Hall–Kier alpha value is -1.65. The molecule has 2 nitrogen and oxygen atoms in total. The van der Waals surface area contributed by atoms with Crippen LogP contribution < -0.4 is 0 Å². The van der Waals surface area contributed by atoms with E-state index in [-0.39, 0.29) is 12.3 Å². The van der Waals surface area contributed by atoms with Gasteiger partial charge in [-0.25, -0.2) is 8.78 Å². The van der Waals surface area contributed by atoms with Gasteiger partial charge in [-0.3, -0.25) is 4.79 Å². The van der Waals surface area contributed by atoms with Crippen LogP contribution in [0.3, 0.4) is 0 Å². The summed E-state index contributed by atoms with van der Waals surface area (Å²) in [5, 5.41) is 0. The summed E-state index contributed by atoms with van der Waals surface area (Å²) in [7, 11) is 0. The summed E-state index contributed by atoms with van der Waals surface area (Å²) in [6.45, 7) is -1.10. The quantitative estimate of drug-likeness (QED) is 0.0955. The molecule has 18 heteroatoms. The minimum atomic E-state index is -8.46. The Labute approximate surface area is 224 Å². The second-order valence-corrected chi connectivity index (χ2v) is 10.1. The molecular formula is C23H28F16O2. The molecule has 0 heterocycles. The van der Waals surface area contributed by atoms with Crippen LogP contribution in [0.5, 0.6) is 0 Å². The molecule has 244 valence electrons. The maximum atomic E-state index is 13.9. The Morgan fingerprint density at radius 2 is 1.07 bits per heavy atom. The first-order valence-corrected chi connectivity index (χ1v) is 12.4. The van der Waals surface area contributed by atoms with Gasteiger partial charge in [-0.15, -0.1) is 0 Å². The average molecular weight is 640 g/mol. The Morgan fingerprint density at radius 3 is 1.51 bits per heavy atom. The van der Waals surface area contributed by atoms with E-state index in [1.54, 1.807) is 0 Å². The number of carbonyl (C=O) groups is 1. The van der Waals surface area contributed by atoms with Gasteiger partial charge in [-0.05, 0) is 18.3 Å². The predicted octanol–water partition coefficient (Wildman–Crippen LogP) is 9.41. The van der Waals surface area contributed by atoms with Gasteiger partial charge < -0.3 is 4.74 Å². The normalized spacial score (nSPS) is 20.4. The zero-order valence-electron chi connectivity index (χ0n) is 21.4. The molecule has 1 aliphatic rings. The Morgan fingerprint density at radius 1 is 0.659 bits per heavy atom. The number of ether oxygens (including phenoxy) is 1. The van der Waals surface area contributed by atoms with Gasteiger partial charge in [0, 0.05) is 6.42 Å². The number of hydrogen-bond acceptors (Lipinski definition) is 2. The number of hydrogen-bond donors (Lipinski definition) is 0. The first-order valence-electron chi connectivity index (χ1n) is 12.4. The molecule has 0 bridgehead atoms. The standard InChI is InChI=1S/C23H28F16O2/c1-2-3-4-5-13-6-8-14(9-7-13)10-11-15(40)41-12-17(26,27)19(30,31)21(34,35)23(38,39)22(36,37)20(32,33)18(28,29)16(24)25/h13-14,16H,2-12H2,1H3. The monoisotopic (exact) mass is 640 g/mol. The predicted molar refractivity (Wildman–Crippen MR) is 110 cm³/mol. The van der Waals surface area contributed by atoms with Crippen LogP contribution in [0.4, 0.5) is 70.2 Å². The second-order valence-electron chi connectivity index (χ2n) is 10.1. The van der Waals surface area contributed by atoms with E-state index in [1.807, 2.05) is 6.92 Å². The summed E-state index contributed by atoms with van der Waals surface area (Å²) in [4.78, 5) is 11.7. The number of unbranched alkanes of at least 4 members (excludes halogenated alkanes) is 2. The molecule has 0 aliphatic heterocycles. The summed E-state index contributed by atoms with van der Waals surface area (Å²) in [6, 6.07) is 0. The van der Waals surface area contributed by atoms with E-state index in [0.717, 1.165) is 38.5 Å². The number of halogens is 16. The SMILES string of the molecule is CCCCCC1CCC(CCC(=O)OCC(F)(F)C(F)(F)C(F)(F)C(F)(F)C(F)(F)C(F)(F)C(F)(F)C(F)F)CC1. The summed E-state index contributed by atoms with van der Waals surface area (Å²) in [6.07, 6.45) is 0.226. The van der Waals surface area contributed by atoms with Crippen LogP contribution in [-0.2, 0) is 9.53 Å². The van der Waals surface area contributed by atoms with E-state index >= 15 is 0 Å². The first kappa shape index (κ1) is 37.4. The number of rotatable bonds is 16. The zero-order chi connectivity index (χ0) is 32.3. The molecule has 1 fully saturated rings. The summed E-state index contributed by atoms with van der Waals surface area (Å²) in [5.74, 6) is -56.6. The molecule has 0 spiro atoms. The van der Waals surface area contributed by atoms with Gasteiger partial charge in [0.15, 0.2) is 6.61 Å². The van der Waals surface area contributed by atoms with Crippen LogP contribution in [-0.4, -0.2) is 60.5 Å². The van der Waals surface area contributed by atoms with Crippen molar-refractivity contribution in [3.05, 3.63) is 0 Å². The van der Waals surface area contributed by atoms with Crippen molar-refractivity contribution in [1.29, 1.82) is 0 Å². The molecule has 1 rings (SSSR count). The third-order valence-corrected chi connectivity index (χ3v) is 7.08. The van der Waals surface area contributed by atoms with Crippen molar-refractivity contribution in [2.24, 2.45) is 11.8 Å². The zero-order valence-corrected chi connectivity index (χ0v) is 21.4. The minimum absolute atomic E-state index is 0.0175. The highest BCUT2D eigenvalue weighted by molar-refractivity contribution is 5.69. The fourth-order valence-corrected chi connectivity index (χ4v) is 4.32. The van der Waals surface area contributed by atoms with Crippen molar-refractivity contribution in [2.75, 3.05) is 6.61 Å². The van der Waals surface area contributed by atoms with Crippen molar-refractivity contribution in [3.63, 3.8) is 0 Å². The van der Waals surface area contributed by atoms with Gasteiger partial charge in [0.05, 0.1) is 0 Å². The molecule has 0 amide bonds. The lowest BCUT2D eigenvalue weighted by Gasteiger charge is -2.42. The Balaban J connectivity index is 2.91. The van der Waals surface area contributed by atoms with Crippen LogP contribution in [0.15, 0.2) is 0 Å². The molecule has 0 aromatic carbocycles. The van der Waals surface area contributed by atoms with Crippen LogP contribution in [0, 0.1) is 11.8 Å². The van der Waals surface area contributed by atoms with Crippen molar-refractivity contribution in [2.45, 2.75) is 119 Å². The molecule has 0 atom stereocenters. The third-order valence-electron chi connectivity index (χ3n) is 7.08. The Kier molecular flexibility index (Phi) is 11.8. The molecule has 0 N–H and O–H groups in total. The minimum Gasteiger partial charge on any atom is -0.459 e. The van der Waals surface area contributed by atoms with E-state index in [2.05, 4.69) is 4.74 Å². The van der Waals surface area contributed by atoms with Gasteiger partial charge >= 0.3 is 53.9 Å². The lowest BCUT2D eigenvalue weighted by atomic mass is 9.78. The molecule has 1 aliphatic carbocycles. The van der Waals surface area contributed by atoms with Gasteiger partial charge in [0.2, 0.25) is 0 Å². The molecule has 0 aromatic rings. The second kappa shape index (κ2) is 12.9. The van der Waals surface area contributed by atoms with Gasteiger partial charge in [-0.1, -0.05) is 58.3 Å². The van der Waals surface area contributed by atoms with Gasteiger partial charge in [0.1, 0.15) is 0 Å². The summed E-state index contributed by atoms with van der Waals surface area (Å²) >= 11 is 0. The van der Waals surface area contributed by atoms with E-state index in [1.165, 1.54) is 0 Å².